The summed E-state index contributed by atoms with van der Waals surface area (Å²) in [7, 11) is 0. The number of thioether (sulfide) groups is 1. The van der Waals surface area contributed by atoms with E-state index in [1.165, 1.54) is 11.8 Å². The van der Waals surface area contributed by atoms with E-state index < -0.39 is 27.8 Å². The molecule has 1 rings (SSSR count). The maximum Gasteiger partial charge on any atom is 0.305 e. The van der Waals surface area contributed by atoms with Crippen molar-refractivity contribution < 1.29 is 18.8 Å². The molecule has 5 nitrogen and oxygen atoms in total. The average Bonchev–Trinajstić information content (AvgIpc) is 2.31. The van der Waals surface area contributed by atoms with Gasteiger partial charge in [-0.25, -0.2) is 4.39 Å². The topological polar surface area (TPSA) is 75.4 Å². The van der Waals surface area contributed by atoms with E-state index in [1.54, 1.807) is 6.92 Å². The molecular weight excluding hydrogens is 290 g/mol. The lowest BCUT2D eigenvalue weighted by Crippen LogP contribution is -2.39. The van der Waals surface area contributed by atoms with Crippen molar-refractivity contribution in [2.75, 3.05) is 18.6 Å². The Morgan fingerprint density at radius 1 is 1.45 bits per heavy atom. The van der Waals surface area contributed by atoms with Gasteiger partial charge in [0.2, 0.25) is 5.82 Å². The van der Waals surface area contributed by atoms with E-state index in [4.69, 9.17) is 0 Å². The van der Waals surface area contributed by atoms with E-state index in [2.05, 4.69) is 5.32 Å². The van der Waals surface area contributed by atoms with Crippen LogP contribution in [0.15, 0.2) is 12.1 Å². The van der Waals surface area contributed by atoms with Gasteiger partial charge < -0.3 is 10.4 Å². The van der Waals surface area contributed by atoms with Crippen LogP contribution >= 0.6 is 11.8 Å². The van der Waals surface area contributed by atoms with Gasteiger partial charge in [0.05, 0.1) is 10.5 Å². The second kappa shape index (κ2) is 6.96. The van der Waals surface area contributed by atoms with Crippen LogP contribution in [0.2, 0.25) is 0 Å². The summed E-state index contributed by atoms with van der Waals surface area (Å²) in [6.45, 7) is 1.79. The third-order valence-corrected chi connectivity index (χ3v) is 3.50. The fourth-order valence-corrected chi connectivity index (χ4v) is 2.41. The smallest absolute Gasteiger partial charge is 0.305 e. The molecule has 1 aromatic carbocycles. The number of aliphatic hydroxyl groups is 1. The lowest BCUT2D eigenvalue weighted by molar-refractivity contribution is -0.387. The first kappa shape index (κ1) is 16.8. The van der Waals surface area contributed by atoms with Crippen molar-refractivity contribution in [1.82, 2.24) is 5.32 Å². The molecule has 1 atom stereocenters. The second-order valence-corrected chi connectivity index (χ2v) is 5.55. The summed E-state index contributed by atoms with van der Waals surface area (Å²) in [6, 6.07) is 1.36. The number of rotatable bonds is 7. The zero-order valence-corrected chi connectivity index (χ0v) is 12.0. The van der Waals surface area contributed by atoms with Crippen LogP contribution in [0.4, 0.5) is 14.5 Å². The van der Waals surface area contributed by atoms with Crippen molar-refractivity contribution in [3.63, 3.8) is 0 Å². The lowest BCUT2D eigenvalue weighted by Gasteiger charge is -2.22. The fourth-order valence-electron chi connectivity index (χ4n) is 1.68. The Hall–Kier alpha value is -1.25. The minimum atomic E-state index is -1.20. The lowest BCUT2D eigenvalue weighted by atomic mass is 10.1. The third kappa shape index (κ3) is 4.69. The monoisotopic (exact) mass is 306 g/mol. The number of nitro groups is 1. The molecule has 112 valence electrons. The van der Waals surface area contributed by atoms with Gasteiger partial charge in [0, 0.05) is 36.5 Å². The molecule has 0 radical (unpaired) electrons. The zero-order valence-electron chi connectivity index (χ0n) is 11.2. The Bertz CT molecular complexity index is 498. The van der Waals surface area contributed by atoms with Gasteiger partial charge in [-0.1, -0.05) is 0 Å². The van der Waals surface area contributed by atoms with E-state index in [0.717, 1.165) is 6.07 Å². The molecule has 8 heteroatoms. The van der Waals surface area contributed by atoms with Crippen LogP contribution in [0.25, 0.3) is 0 Å². The third-order valence-electron chi connectivity index (χ3n) is 2.59. The highest BCUT2D eigenvalue weighted by Gasteiger charge is 2.21. The molecule has 0 saturated heterocycles. The highest BCUT2D eigenvalue weighted by Crippen LogP contribution is 2.21. The van der Waals surface area contributed by atoms with Crippen molar-refractivity contribution in [2.45, 2.75) is 19.1 Å². The molecule has 0 bridgehead atoms. The molecule has 0 amide bonds. The molecule has 0 aliphatic heterocycles. The van der Waals surface area contributed by atoms with Gasteiger partial charge >= 0.3 is 5.69 Å². The van der Waals surface area contributed by atoms with Gasteiger partial charge in [-0.2, -0.15) is 16.2 Å². The maximum atomic E-state index is 13.5. The summed E-state index contributed by atoms with van der Waals surface area (Å²) in [5.74, 6) is -1.57. The number of halogens is 2. The van der Waals surface area contributed by atoms with Crippen LogP contribution in [0, 0.1) is 21.7 Å². The molecule has 1 aromatic rings. The average molecular weight is 306 g/mol. The molecule has 0 aliphatic rings. The van der Waals surface area contributed by atoms with Crippen LogP contribution in [-0.2, 0) is 6.54 Å². The molecule has 20 heavy (non-hydrogen) atoms. The Kier molecular flexibility index (Phi) is 5.85. The minimum Gasteiger partial charge on any atom is -0.388 e. The summed E-state index contributed by atoms with van der Waals surface area (Å²) < 4.78 is 26.6. The first-order chi connectivity index (χ1) is 9.26. The van der Waals surface area contributed by atoms with Crippen LogP contribution in [0.5, 0.6) is 0 Å². The SMILES string of the molecule is CSCC(C)(O)CNCc1cc([N+](=O)[O-])c(F)cc1F. The van der Waals surface area contributed by atoms with E-state index >= 15 is 0 Å². The van der Waals surface area contributed by atoms with Crippen molar-refractivity contribution >= 4 is 17.4 Å². The molecule has 1 unspecified atom stereocenters. The Balaban J connectivity index is 2.73. The van der Waals surface area contributed by atoms with Crippen LogP contribution in [-0.4, -0.2) is 34.2 Å². The highest BCUT2D eigenvalue weighted by molar-refractivity contribution is 7.98. The van der Waals surface area contributed by atoms with Gasteiger partial charge in [0.25, 0.3) is 0 Å². The largest absolute Gasteiger partial charge is 0.388 e. The molecule has 0 fully saturated rings. The van der Waals surface area contributed by atoms with Crippen molar-refractivity contribution in [3.05, 3.63) is 39.4 Å². The minimum absolute atomic E-state index is 0.0157. The maximum absolute atomic E-state index is 13.5. The predicted octanol–water partition coefficient (Wildman–Crippen LogP) is 2.08. The van der Waals surface area contributed by atoms with Crippen LogP contribution in [0.1, 0.15) is 12.5 Å². The summed E-state index contributed by atoms with van der Waals surface area (Å²) in [5.41, 5.74) is -1.75. The molecule has 0 saturated carbocycles. The summed E-state index contributed by atoms with van der Waals surface area (Å²) in [4.78, 5) is 9.68. The van der Waals surface area contributed by atoms with Gasteiger partial charge in [-0.3, -0.25) is 10.1 Å². The molecule has 2 N–H and O–H groups in total. The normalized spacial score (nSPS) is 14.1. The number of hydrogen-bond acceptors (Lipinski definition) is 5. The van der Waals surface area contributed by atoms with Crippen LogP contribution < -0.4 is 5.32 Å². The number of nitrogens with one attached hydrogen (secondary N) is 1. The highest BCUT2D eigenvalue weighted by atomic mass is 32.2. The fraction of sp³-hybridized carbons (Fsp3) is 0.500. The summed E-state index contributed by atoms with van der Waals surface area (Å²) in [6.07, 6.45) is 1.84. The summed E-state index contributed by atoms with van der Waals surface area (Å²) in [5, 5.41) is 23.3. The molecular formula is C12H16F2N2O3S. The van der Waals surface area contributed by atoms with Crippen LogP contribution in [0.3, 0.4) is 0 Å². The number of benzene rings is 1. The summed E-state index contributed by atoms with van der Waals surface area (Å²) >= 11 is 1.46. The quantitative estimate of drug-likeness (QED) is 0.596. The van der Waals surface area contributed by atoms with Gasteiger partial charge in [0.15, 0.2) is 0 Å². The first-order valence-corrected chi connectivity index (χ1v) is 7.20. The van der Waals surface area contributed by atoms with E-state index in [1.807, 2.05) is 6.26 Å². The molecule has 0 heterocycles. The molecule has 0 aliphatic carbocycles. The van der Waals surface area contributed by atoms with E-state index in [-0.39, 0.29) is 18.7 Å². The van der Waals surface area contributed by atoms with Gasteiger partial charge in [0.1, 0.15) is 5.82 Å². The van der Waals surface area contributed by atoms with Crippen molar-refractivity contribution in [2.24, 2.45) is 0 Å². The van der Waals surface area contributed by atoms with Crippen molar-refractivity contribution in [1.29, 1.82) is 0 Å². The van der Waals surface area contributed by atoms with Crippen molar-refractivity contribution in [3.8, 4) is 0 Å². The number of hydrogen-bond donors (Lipinski definition) is 2. The Morgan fingerprint density at radius 2 is 2.10 bits per heavy atom. The van der Waals surface area contributed by atoms with Gasteiger partial charge in [-0.15, -0.1) is 0 Å². The predicted molar refractivity (Wildman–Crippen MR) is 73.7 cm³/mol. The second-order valence-electron chi connectivity index (χ2n) is 4.69. The van der Waals surface area contributed by atoms with Gasteiger partial charge in [-0.05, 0) is 13.2 Å². The first-order valence-electron chi connectivity index (χ1n) is 5.81. The zero-order chi connectivity index (χ0) is 15.3. The Labute approximate surface area is 119 Å². The molecule has 0 aromatic heterocycles. The standard InChI is InChI=1S/C12H16F2N2O3S/c1-12(17,7-20-2)6-15-5-8-3-11(16(18)19)10(14)4-9(8)13/h3-4,15,17H,5-7H2,1-2H3. The Morgan fingerprint density at radius 3 is 2.65 bits per heavy atom. The number of nitro benzene ring substituents is 1. The van der Waals surface area contributed by atoms with E-state index in [9.17, 15) is 24.0 Å². The number of nitrogens with zero attached hydrogens (tertiary/aromatic N) is 1. The van der Waals surface area contributed by atoms with E-state index in [0.29, 0.717) is 11.8 Å². The molecule has 0 spiro atoms.